The molecule has 7 heteroatoms. The van der Waals surface area contributed by atoms with E-state index < -0.39 is 15.8 Å². The third-order valence-electron chi connectivity index (χ3n) is 2.17. The smallest absolute Gasteiger partial charge is 0.265 e. The van der Waals surface area contributed by atoms with E-state index in [4.69, 9.17) is 5.73 Å². The molecule has 0 radical (unpaired) electrons. The van der Waals surface area contributed by atoms with Crippen LogP contribution >= 0.6 is 0 Å². The van der Waals surface area contributed by atoms with Gasteiger partial charge in [0, 0.05) is 0 Å². The maximum Gasteiger partial charge on any atom is 0.265 e. The SMILES string of the molecule is Nc1ccccc1S(=O)(=O)Nc1ccc(F)cn1. The number of aromatic nitrogens is 1. The topological polar surface area (TPSA) is 85.1 Å². The summed E-state index contributed by atoms with van der Waals surface area (Å²) in [6, 6.07) is 8.38. The molecule has 0 aliphatic rings. The van der Waals surface area contributed by atoms with E-state index in [1.165, 1.54) is 18.2 Å². The van der Waals surface area contributed by atoms with Crippen LogP contribution < -0.4 is 10.5 Å². The van der Waals surface area contributed by atoms with E-state index in [2.05, 4.69) is 9.71 Å². The molecule has 0 saturated heterocycles. The van der Waals surface area contributed by atoms with Crippen LogP contribution in [0.25, 0.3) is 0 Å². The van der Waals surface area contributed by atoms with Crippen molar-refractivity contribution in [2.75, 3.05) is 10.5 Å². The van der Waals surface area contributed by atoms with Gasteiger partial charge < -0.3 is 5.73 Å². The number of nitrogen functional groups attached to an aromatic ring is 1. The molecule has 0 bridgehead atoms. The lowest BCUT2D eigenvalue weighted by Crippen LogP contribution is -2.15. The number of benzene rings is 1. The van der Waals surface area contributed by atoms with Crippen molar-refractivity contribution in [3.05, 3.63) is 48.4 Å². The number of nitrogens with zero attached hydrogens (tertiary/aromatic N) is 1. The highest BCUT2D eigenvalue weighted by Crippen LogP contribution is 2.19. The predicted molar refractivity (Wildman–Crippen MR) is 65.9 cm³/mol. The summed E-state index contributed by atoms with van der Waals surface area (Å²) in [6.45, 7) is 0. The van der Waals surface area contributed by atoms with Crippen molar-refractivity contribution in [1.82, 2.24) is 4.98 Å². The highest BCUT2D eigenvalue weighted by Gasteiger charge is 2.17. The van der Waals surface area contributed by atoms with Gasteiger partial charge in [-0.3, -0.25) is 4.72 Å². The van der Waals surface area contributed by atoms with Gasteiger partial charge in [-0.2, -0.15) is 0 Å². The summed E-state index contributed by atoms with van der Waals surface area (Å²) in [5.41, 5.74) is 5.72. The molecule has 0 aliphatic heterocycles. The maximum atomic E-state index is 12.6. The Morgan fingerprint density at radius 2 is 1.89 bits per heavy atom. The van der Waals surface area contributed by atoms with Gasteiger partial charge in [0.1, 0.15) is 16.5 Å². The molecular weight excluding hydrogens is 257 g/mol. The fraction of sp³-hybridized carbons (Fsp3) is 0. The molecule has 5 nitrogen and oxygen atoms in total. The van der Waals surface area contributed by atoms with Gasteiger partial charge in [0.25, 0.3) is 10.0 Å². The molecule has 1 aromatic heterocycles. The summed E-state index contributed by atoms with van der Waals surface area (Å²) in [4.78, 5) is 3.57. The number of hydrogen-bond acceptors (Lipinski definition) is 4. The van der Waals surface area contributed by atoms with Crippen LogP contribution in [0, 0.1) is 5.82 Å². The number of nitrogens with two attached hydrogens (primary N) is 1. The fourth-order valence-electron chi connectivity index (χ4n) is 1.35. The maximum absolute atomic E-state index is 12.6. The first-order valence-corrected chi connectivity index (χ1v) is 6.46. The van der Waals surface area contributed by atoms with Crippen LogP contribution in [0.3, 0.4) is 0 Å². The van der Waals surface area contributed by atoms with E-state index in [9.17, 15) is 12.8 Å². The lowest BCUT2D eigenvalue weighted by Gasteiger charge is -2.08. The van der Waals surface area contributed by atoms with Gasteiger partial charge >= 0.3 is 0 Å². The van der Waals surface area contributed by atoms with Crippen molar-refractivity contribution in [3.63, 3.8) is 0 Å². The average Bonchev–Trinajstić information content (AvgIpc) is 2.32. The molecule has 2 rings (SSSR count). The quantitative estimate of drug-likeness (QED) is 0.827. The highest BCUT2D eigenvalue weighted by atomic mass is 32.2. The largest absolute Gasteiger partial charge is 0.398 e. The van der Waals surface area contributed by atoms with Gasteiger partial charge in [0.2, 0.25) is 0 Å². The van der Waals surface area contributed by atoms with E-state index in [0.717, 1.165) is 12.3 Å². The first-order chi connectivity index (χ1) is 8.49. The van der Waals surface area contributed by atoms with Crippen molar-refractivity contribution in [2.24, 2.45) is 0 Å². The molecule has 94 valence electrons. The Labute approximate surface area is 104 Å². The molecular formula is C11H10FN3O2S. The van der Waals surface area contributed by atoms with Crippen molar-refractivity contribution in [3.8, 4) is 0 Å². The van der Waals surface area contributed by atoms with Gasteiger partial charge in [-0.25, -0.2) is 17.8 Å². The van der Waals surface area contributed by atoms with Crippen LogP contribution in [-0.4, -0.2) is 13.4 Å². The van der Waals surface area contributed by atoms with Crippen LogP contribution in [0.2, 0.25) is 0 Å². The first kappa shape index (κ1) is 12.3. The number of para-hydroxylation sites is 1. The summed E-state index contributed by atoms with van der Waals surface area (Å²) >= 11 is 0. The molecule has 18 heavy (non-hydrogen) atoms. The summed E-state index contributed by atoms with van der Waals surface area (Å²) in [6.07, 6.45) is 0.923. The van der Waals surface area contributed by atoms with Crippen LogP contribution in [0.4, 0.5) is 15.9 Å². The predicted octanol–water partition coefficient (Wildman–Crippen LogP) is 1.60. The summed E-state index contributed by atoms with van der Waals surface area (Å²) in [5, 5.41) is 0. The first-order valence-electron chi connectivity index (χ1n) is 4.98. The van der Waals surface area contributed by atoms with Crippen molar-refractivity contribution < 1.29 is 12.8 Å². The Morgan fingerprint density at radius 3 is 2.50 bits per heavy atom. The molecule has 0 atom stereocenters. The van der Waals surface area contributed by atoms with Crippen molar-refractivity contribution >= 4 is 21.5 Å². The Balaban J connectivity index is 2.33. The average molecular weight is 267 g/mol. The number of sulfonamides is 1. The summed E-state index contributed by atoms with van der Waals surface area (Å²) < 4.78 is 38.8. The minimum absolute atomic E-state index is 0.0275. The van der Waals surface area contributed by atoms with Crippen LogP contribution in [0.1, 0.15) is 0 Å². The summed E-state index contributed by atoms with van der Waals surface area (Å²) in [7, 11) is -3.82. The van der Waals surface area contributed by atoms with Crippen LogP contribution in [-0.2, 0) is 10.0 Å². The molecule has 1 aromatic carbocycles. The Kier molecular flexibility index (Phi) is 3.15. The molecule has 0 aliphatic carbocycles. The van der Waals surface area contributed by atoms with Gasteiger partial charge in [-0.1, -0.05) is 12.1 Å². The van der Waals surface area contributed by atoms with Crippen LogP contribution in [0.5, 0.6) is 0 Å². The normalized spacial score (nSPS) is 11.2. The molecule has 0 saturated carbocycles. The molecule has 0 spiro atoms. The molecule has 0 amide bonds. The molecule has 2 aromatic rings. The second-order valence-corrected chi connectivity index (χ2v) is 5.16. The highest BCUT2D eigenvalue weighted by molar-refractivity contribution is 7.92. The zero-order valence-corrected chi connectivity index (χ0v) is 9.99. The van der Waals surface area contributed by atoms with Crippen molar-refractivity contribution in [2.45, 2.75) is 4.90 Å². The third kappa shape index (κ3) is 2.57. The monoisotopic (exact) mass is 267 g/mol. The van der Waals surface area contributed by atoms with E-state index in [0.29, 0.717) is 0 Å². The van der Waals surface area contributed by atoms with Gasteiger partial charge in [0.05, 0.1) is 11.9 Å². The Hall–Kier alpha value is -2.15. The Morgan fingerprint density at radius 1 is 1.17 bits per heavy atom. The van der Waals surface area contributed by atoms with E-state index >= 15 is 0 Å². The number of rotatable bonds is 3. The lowest BCUT2D eigenvalue weighted by atomic mass is 10.3. The second kappa shape index (κ2) is 4.61. The zero-order valence-electron chi connectivity index (χ0n) is 9.17. The van der Waals surface area contributed by atoms with Gasteiger partial charge in [-0.15, -0.1) is 0 Å². The van der Waals surface area contributed by atoms with Crippen molar-refractivity contribution in [1.29, 1.82) is 0 Å². The number of hydrogen-bond donors (Lipinski definition) is 2. The molecule has 0 fully saturated rings. The standard InChI is InChI=1S/C11H10FN3O2S/c12-8-5-6-11(14-7-8)15-18(16,17)10-4-2-1-3-9(10)13/h1-7H,13H2,(H,14,15). The lowest BCUT2D eigenvalue weighted by molar-refractivity contribution is 0.601. The third-order valence-corrected chi connectivity index (χ3v) is 3.60. The Bertz CT molecular complexity index is 656. The molecule has 0 unspecified atom stereocenters. The van der Waals surface area contributed by atoms with Crippen LogP contribution in [0.15, 0.2) is 47.5 Å². The minimum Gasteiger partial charge on any atom is -0.398 e. The fourth-order valence-corrected chi connectivity index (χ4v) is 2.50. The van der Waals surface area contributed by atoms with Gasteiger partial charge in [-0.05, 0) is 24.3 Å². The minimum atomic E-state index is -3.82. The zero-order chi connectivity index (χ0) is 13.2. The molecule has 3 N–H and O–H groups in total. The number of halogens is 1. The number of anilines is 2. The van der Waals surface area contributed by atoms with E-state index in [-0.39, 0.29) is 16.4 Å². The molecule has 1 heterocycles. The van der Waals surface area contributed by atoms with Gasteiger partial charge in [0.15, 0.2) is 0 Å². The number of pyridine rings is 1. The summed E-state index contributed by atoms with van der Waals surface area (Å²) in [5.74, 6) is -0.517. The second-order valence-electron chi connectivity index (χ2n) is 3.50. The van der Waals surface area contributed by atoms with E-state index in [1.54, 1.807) is 12.1 Å². The number of nitrogens with one attached hydrogen (secondary N) is 1. The van der Waals surface area contributed by atoms with E-state index in [1.807, 2.05) is 0 Å².